The first-order valence-corrected chi connectivity index (χ1v) is 11.8. The molecule has 0 radical (unpaired) electrons. The molecule has 2 aromatic heterocycles. The Morgan fingerprint density at radius 1 is 0.971 bits per heavy atom. The number of aromatic amines is 1. The molecule has 0 atom stereocenters. The minimum absolute atomic E-state index is 0.0516. The van der Waals surface area contributed by atoms with Gasteiger partial charge in [0.25, 0.3) is 11.5 Å². The van der Waals surface area contributed by atoms with Gasteiger partial charge in [0.1, 0.15) is 5.70 Å². The largest absolute Gasteiger partial charge is 0.329 e. The van der Waals surface area contributed by atoms with Gasteiger partial charge in [-0.05, 0) is 47.4 Å². The van der Waals surface area contributed by atoms with E-state index in [-0.39, 0.29) is 17.8 Å². The number of imide groups is 1. The number of urea groups is 1. The van der Waals surface area contributed by atoms with Crippen molar-refractivity contribution in [3.8, 4) is 5.69 Å². The molecular weight excluding hydrogens is 472 g/mol. The summed E-state index contributed by atoms with van der Waals surface area (Å²) in [5, 5.41) is 8.27. The molecule has 3 heterocycles. The summed E-state index contributed by atoms with van der Waals surface area (Å²) >= 11 is 7.61. The lowest BCUT2D eigenvalue weighted by atomic mass is 10.1. The first-order valence-electron chi connectivity index (χ1n) is 10.5. The van der Waals surface area contributed by atoms with E-state index >= 15 is 0 Å². The van der Waals surface area contributed by atoms with Crippen LogP contribution in [0.25, 0.3) is 11.8 Å². The molecule has 0 bridgehead atoms. The summed E-state index contributed by atoms with van der Waals surface area (Å²) in [4.78, 5) is 41.1. The van der Waals surface area contributed by atoms with E-state index in [1.807, 2.05) is 47.8 Å². The molecule has 5 rings (SSSR count). The number of aromatic nitrogens is 2. The fourth-order valence-corrected chi connectivity index (χ4v) is 4.73. The second-order valence-corrected chi connectivity index (χ2v) is 9.21. The average molecular weight is 491 g/mol. The number of thiophene rings is 1. The Kier molecular flexibility index (Phi) is 5.91. The second kappa shape index (κ2) is 9.17. The van der Waals surface area contributed by atoms with Gasteiger partial charge in [-0.2, -0.15) is 0 Å². The highest BCUT2D eigenvalue weighted by atomic mass is 35.5. The third kappa shape index (κ3) is 4.33. The van der Waals surface area contributed by atoms with E-state index in [2.05, 4.69) is 10.4 Å². The number of para-hydroxylation sites is 1. The number of rotatable bonds is 6. The summed E-state index contributed by atoms with van der Waals surface area (Å²) in [5.74, 6) is -0.501. The third-order valence-electron chi connectivity index (χ3n) is 5.43. The molecule has 2 N–H and O–H groups in total. The summed E-state index contributed by atoms with van der Waals surface area (Å²) in [6, 6.07) is 19.5. The average Bonchev–Trinajstić information content (AvgIpc) is 3.52. The Balaban J connectivity index is 1.52. The zero-order valence-electron chi connectivity index (χ0n) is 17.8. The number of hydrogen-bond donors (Lipinski definition) is 2. The van der Waals surface area contributed by atoms with Crippen LogP contribution < -0.4 is 10.9 Å². The van der Waals surface area contributed by atoms with Gasteiger partial charge in [-0.1, -0.05) is 48.0 Å². The summed E-state index contributed by atoms with van der Waals surface area (Å²) in [7, 11) is 0. The Hall–Kier alpha value is -3.88. The monoisotopic (exact) mass is 490 g/mol. The van der Waals surface area contributed by atoms with Crippen LogP contribution in [-0.4, -0.2) is 26.6 Å². The first kappa shape index (κ1) is 21.9. The summed E-state index contributed by atoms with van der Waals surface area (Å²) < 4.78 is 1.44. The molecule has 0 unspecified atom stereocenters. The Morgan fingerprint density at radius 2 is 1.79 bits per heavy atom. The van der Waals surface area contributed by atoms with Gasteiger partial charge >= 0.3 is 6.03 Å². The van der Waals surface area contributed by atoms with Gasteiger partial charge in [-0.25, -0.2) is 9.48 Å². The van der Waals surface area contributed by atoms with Crippen molar-refractivity contribution in [3.63, 3.8) is 0 Å². The lowest BCUT2D eigenvalue weighted by molar-refractivity contribution is -0.123. The predicted molar refractivity (Wildman–Crippen MR) is 132 cm³/mol. The number of H-pyrrole nitrogens is 1. The molecule has 9 heteroatoms. The van der Waals surface area contributed by atoms with Gasteiger partial charge in [0.2, 0.25) is 0 Å². The number of carbonyl (C=O) groups excluding carboxylic acids is 2. The summed E-state index contributed by atoms with van der Waals surface area (Å²) in [6.07, 6.45) is 1.94. The lowest BCUT2D eigenvalue weighted by Crippen LogP contribution is -2.30. The number of nitrogens with one attached hydrogen (secondary N) is 2. The molecule has 170 valence electrons. The Labute approximate surface area is 203 Å². The van der Waals surface area contributed by atoms with Crippen molar-refractivity contribution in [1.82, 2.24) is 20.0 Å². The maximum absolute atomic E-state index is 13.3. The van der Waals surface area contributed by atoms with Crippen molar-refractivity contribution in [1.29, 1.82) is 0 Å². The van der Waals surface area contributed by atoms with Gasteiger partial charge < -0.3 is 5.32 Å². The Bertz CT molecular complexity index is 1460. The fraction of sp³-hybridized carbons (Fsp3) is 0.0800. The van der Waals surface area contributed by atoms with E-state index in [1.165, 1.54) is 10.8 Å². The lowest BCUT2D eigenvalue weighted by Gasteiger charge is -2.11. The van der Waals surface area contributed by atoms with Crippen LogP contribution in [0.5, 0.6) is 0 Å². The SMILES string of the molecule is O=C1N/C(=C\c2c(Cc3cccs3)[nH]n(-c3ccccc3)c2=O)C(=O)N1Cc1cccc(Cl)c1. The molecule has 2 aromatic carbocycles. The topological polar surface area (TPSA) is 87.2 Å². The van der Waals surface area contributed by atoms with Gasteiger partial charge in [0.05, 0.1) is 23.5 Å². The van der Waals surface area contributed by atoms with Crippen LogP contribution in [0.2, 0.25) is 5.02 Å². The van der Waals surface area contributed by atoms with Crippen molar-refractivity contribution in [3.05, 3.63) is 115 Å². The van der Waals surface area contributed by atoms with Crippen molar-refractivity contribution < 1.29 is 9.59 Å². The number of nitrogens with zero attached hydrogens (tertiary/aromatic N) is 2. The summed E-state index contributed by atoms with van der Waals surface area (Å²) in [5.41, 5.74) is 2.12. The predicted octanol–water partition coefficient (Wildman–Crippen LogP) is 4.56. The van der Waals surface area contributed by atoms with Gasteiger partial charge in [0.15, 0.2) is 0 Å². The highest BCUT2D eigenvalue weighted by molar-refractivity contribution is 7.09. The number of benzene rings is 2. The van der Waals surface area contributed by atoms with Crippen molar-refractivity contribution >= 4 is 41.0 Å². The van der Waals surface area contributed by atoms with Crippen LogP contribution in [0.3, 0.4) is 0 Å². The smallest absolute Gasteiger partial charge is 0.303 e. The molecule has 0 aliphatic carbocycles. The number of halogens is 1. The first-order chi connectivity index (χ1) is 16.5. The molecule has 1 saturated heterocycles. The van der Waals surface area contributed by atoms with Crippen molar-refractivity contribution in [2.75, 3.05) is 0 Å². The molecule has 1 fully saturated rings. The van der Waals surface area contributed by atoms with Crippen LogP contribution in [0.4, 0.5) is 4.79 Å². The molecule has 0 spiro atoms. The van der Waals surface area contributed by atoms with Gasteiger partial charge in [-0.3, -0.25) is 19.6 Å². The van der Waals surface area contributed by atoms with Crippen LogP contribution >= 0.6 is 22.9 Å². The van der Waals surface area contributed by atoms with E-state index in [1.54, 1.807) is 35.6 Å². The molecule has 7 nitrogen and oxygen atoms in total. The molecule has 1 aliphatic rings. The molecular formula is C25H19ClN4O3S. The maximum atomic E-state index is 13.3. The van der Waals surface area contributed by atoms with Crippen LogP contribution in [0.1, 0.15) is 21.7 Å². The number of carbonyl (C=O) groups is 2. The second-order valence-electron chi connectivity index (χ2n) is 7.75. The standard InChI is InChI=1S/C25H19ClN4O3S/c26-17-7-4-6-16(12-17)15-29-24(32)22(27-25(29)33)14-20-21(13-19-10-5-11-34-19)28-30(23(20)31)18-8-2-1-3-9-18/h1-12,14,28H,13,15H2,(H,27,33)/b22-14-. The van der Waals surface area contributed by atoms with Crippen molar-refractivity contribution in [2.45, 2.75) is 13.0 Å². The molecule has 1 aliphatic heterocycles. The van der Waals surface area contributed by atoms with Crippen LogP contribution in [0.15, 0.2) is 82.6 Å². The number of amides is 3. The highest BCUT2D eigenvalue weighted by Crippen LogP contribution is 2.21. The summed E-state index contributed by atoms with van der Waals surface area (Å²) in [6.45, 7) is 0.0754. The van der Waals surface area contributed by atoms with Gasteiger partial charge in [0, 0.05) is 16.3 Å². The zero-order chi connectivity index (χ0) is 23.7. The minimum Gasteiger partial charge on any atom is -0.303 e. The molecule has 3 amide bonds. The molecule has 34 heavy (non-hydrogen) atoms. The zero-order valence-corrected chi connectivity index (χ0v) is 19.4. The van der Waals surface area contributed by atoms with E-state index in [4.69, 9.17) is 11.6 Å². The quantitative estimate of drug-likeness (QED) is 0.307. The normalized spacial score (nSPS) is 14.7. The van der Waals surface area contributed by atoms with Crippen LogP contribution in [-0.2, 0) is 17.8 Å². The van der Waals surface area contributed by atoms with E-state index < -0.39 is 11.9 Å². The number of hydrogen-bond acceptors (Lipinski definition) is 4. The molecule has 4 aromatic rings. The van der Waals surface area contributed by atoms with Crippen LogP contribution in [0, 0.1) is 0 Å². The third-order valence-corrected chi connectivity index (χ3v) is 6.54. The molecule has 0 saturated carbocycles. The minimum atomic E-state index is -0.546. The maximum Gasteiger partial charge on any atom is 0.329 e. The fourth-order valence-electron chi connectivity index (χ4n) is 3.80. The van der Waals surface area contributed by atoms with Crippen molar-refractivity contribution in [2.24, 2.45) is 0 Å². The highest BCUT2D eigenvalue weighted by Gasteiger charge is 2.34. The Morgan fingerprint density at radius 3 is 2.53 bits per heavy atom. The van der Waals surface area contributed by atoms with E-state index in [0.717, 1.165) is 15.3 Å². The van der Waals surface area contributed by atoms with E-state index in [0.29, 0.717) is 28.4 Å². The van der Waals surface area contributed by atoms with Gasteiger partial charge in [-0.15, -0.1) is 11.3 Å². The van der Waals surface area contributed by atoms with E-state index in [9.17, 15) is 14.4 Å².